The summed E-state index contributed by atoms with van der Waals surface area (Å²) in [4.78, 5) is 19.4. The first kappa shape index (κ1) is 15.3. The summed E-state index contributed by atoms with van der Waals surface area (Å²) in [5.74, 6) is 0.295. The molecule has 2 aromatic heterocycles. The fraction of sp³-hybridized carbons (Fsp3) is 0.400. The molecule has 0 bridgehead atoms. The minimum absolute atomic E-state index is 0.295. The first-order valence-electron chi connectivity index (χ1n) is 8.73. The van der Waals surface area contributed by atoms with E-state index in [1.54, 1.807) is 0 Å². The van der Waals surface area contributed by atoms with Gasteiger partial charge < -0.3 is 9.47 Å². The van der Waals surface area contributed by atoms with Gasteiger partial charge in [-0.25, -0.2) is 0 Å². The second-order valence-corrected chi connectivity index (χ2v) is 6.94. The lowest BCUT2D eigenvalue weighted by Gasteiger charge is -2.16. The maximum absolute atomic E-state index is 12.7. The predicted molar refractivity (Wildman–Crippen MR) is 97.7 cm³/mol. The standard InChI is InChI=1S/C20H23N3O/c1-22(2)12-5-13-23-16-7-3-8-18(24)20(16)19-14-6-4-11-21-15(14)9-10-17(19)23/h4,6,9-11H,3,5,7-8,12-13H2,1-2H3. The van der Waals surface area contributed by atoms with Crippen LogP contribution in [0.5, 0.6) is 0 Å². The van der Waals surface area contributed by atoms with Crippen LogP contribution in [-0.4, -0.2) is 40.9 Å². The van der Waals surface area contributed by atoms with Crippen LogP contribution in [0, 0.1) is 0 Å². The van der Waals surface area contributed by atoms with Gasteiger partial charge in [0.1, 0.15) is 0 Å². The summed E-state index contributed by atoms with van der Waals surface area (Å²) in [5.41, 5.74) is 4.35. The molecule has 3 aromatic rings. The molecule has 1 aliphatic carbocycles. The number of hydrogen-bond donors (Lipinski definition) is 0. The minimum atomic E-state index is 0.295. The highest BCUT2D eigenvalue weighted by atomic mass is 16.1. The molecule has 0 unspecified atom stereocenters. The quantitative estimate of drug-likeness (QED) is 0.736. The van der Waals surface area contributed by atoms with Crippen LogP contribution < -0.4 is 0 Å². The maximum atomic E-state index is 12.7. The number of rotatable bonds is 4. The highest BCUT2D eigenvalue weighted by Gasteiger charge is 2.26. The van der Waals surface area contributed by atoms with E-state index >= 15 is 0 Å². The molecule has 0 atom stereocenters. The molecule has 0 amide bonds. The molecule has 0 radical (unpaired) electrons. The predicted octanol–water partition coefficient (Wildman–Crippen LogP) is 3.66. The van der Waals surface area contributed by atoms with Crippen molar-refractivity contribution in [1.29, 1.82) is 0 Å². The number of hydrogen-bond acceptors (Lipinski definition) is 3. The van der Waals surface area contributed by atoms with E-state index in [2.05, 4.69) is 46.7 Å². The summed E-state index contributed by atoms with van der Waals surface area (Å²) in [6, 6.07) is 8.28. The summed E-state index contributed by atoms with van der Waals surface area (Å²) >= 11 is 0. The molecule has 0 N–H and O–H groups in total. The molecule has 2 heterocycles. The number of benzene rings is 1. The topological polar surface area (TPSA) is 38.1 Å². The normalized spacial score (nSPS) is 14.7. The van der Waals surface area contributed by atoms with Crippen LogP contribution in [0.15, 0.2) is 30.5 Å². The molecule has 0 spiro atoms. The fourth-order valence-electron chi connectivity index (χ4n) is 3.96. The molecule has 4 heteroatoms. The Kier molecular flexibility index (Phi) is 3.85. The summed E-state index contributed by atoms with van der Waals surface area (Å²) in [6.45, 7) is 2.01. The zero-order valence-electron chi connectivity index (χ0n) is 14.4. The van der Waals surface area contributed by atoms with Gasteiger partial charge in [0.15, 0.2) is 5.78 Å². The van der Waals surface area contributed by atoms with Crippen LogP contribution in [0.3, 0.4) is 0 Å². The number of Topliss-reactive ketones (excluding diaryl/α,β-unsaturated/α-hetero) is 1. The lowest BCUT2D eigenvalue weighted by atomic mass is 9.93. The molecular formula is C20H23N3O. The molecule has 4 nitrogen and oxygen atoms in total. The van der Waals surface area contributed by atoms with Crippen molar-refractivity contribution in [3.63, 3.8) is 0 Å². The van der Waals surface area contributed by atoms with Gasteiger partial charge in [0.05, 0.1) is 5.52 Å². The van der Waals surface area contributed by atoms with E-state index < -0.39 is 0 Å². The van der Waals surface area contributed by atoms with Crippen LogP contribution in [-0.2, 0) is 13.0 Å². The Labute approximate surface area is 142 Å². The van der Waals surface area contributed by atoms with Gasteiger partial charge in [-0.1, -0.05) is 6.07 Å². The third kappa shape index (κ3) is 2.42. The highest BCUT2D eigenvalue weighted by Crippen LogP contribution is 2.36. The van der Waals surface area contributed by atoms with Crippen LogP contribution in [0.25, 0.3) is 21.8 Å². The summed E-state index contributed by atoms with van der Waals surface area (Å²) in [6.07, 6.45) is 5.53. The molecule has 124 valence electrons. The molecule has 24 heavy (non-hydrogen) atoms. The lowest BCUT2D eigenvalue weighted by Crippen LogP contribution is -2.17. The van der Waals surface area contributed by atoms with Gasteiger partial charge >= 0.3 is 0 Å². The minimum Gasteiger partial charge on any atom is -0.344 e. The van der Waals surface area contributed by atoms with Crippen LogP contribution in [0.4, 0.5) is 0 Å². The van der Waals surface area contributed by atoms with Crippen LogP contribution >= 0.6 is 0 Å². The SMILES string of the molecule is CN(C)CCCn1c2c(c3c4cccnc4ccc31)C(=O)CCC2. The first-order valence-corrected chi connectivity index (χ1v) is 8.73. The Hall–Kier alpha value is -2.20. The lowest BCUT2D eigenvalue weighted by molar-refractivity contribution is 0.0973. The monoisotopic (exact) mass is 321 g/mol. The molecule has 0 saturated carbocycles. The largest absolute Gasteiger partial charge is 0.344 e. The third-order valence-electron chi connectivity index (χ3n) is 5.00. The van der Waals surface area contributed by atoms with Crippen LogP contribution in [0.2, 0.25) is 0 Å². The van der Waals surface area contributed by atoms with Crippen molar-refractivity contribution in [1.82, 2.24) is 14.5 Å². The first-order chi connectivity index (χ1) is 11.7. The Morgan fingerprint density at radius 2 is 2.08 bits per heavy atom. The Balaban J connectivity index is 1.95. The van der Waals surface area contributed by atoms with Crippen LogP contribution in [0.1, 0.15) is 35.3 Å². The summed E-state index contributed by atoms with van der Waals surface area (Å²) < 4.78 is 2.39. The third-order valence-corrected chi connectivity index (χ3v) is 5.00. The van der Waals surface area contributed by atoms with Gasteiger partial charge in [0, 0.05) is 46.7 Å². The molecule has 1 aromatic carbocycles. The van der Waals surface area contributed by atoms with Crippen molar-refractivity contribution in [2.75, 3.05) is 20.6 Å². The number of pyridine rings is 1. The van der Waals surface area contributed by atoms with E-state index in [0.29, 0.717) is 12.2 Å². The Bertz CT molecular complexity index is 923. The van der Waals surface area contributed by atoms with Crippen molar-refractivity contribution >= 4 is 27.6 Å². The number of carbonyl (C=O) groups is 1. The van der Waals surface area contributed by atoms with Gasteiger partial charge in [-0.05, 0) is 58.1 Å². The zero-order chi connectivity index (χ0) is 16.7. The van der Waals surface area contributed by atoms with E-state index in [1.807, 2.05) is 12.3 Å². The maximum Gasteiger partial charge on any atom is 0.165 e. The van der Waals surface area contributed by atoms with Crippen molar-refractivity contribution in [3.05, 3.63) is 41.7 Å². The van der Waals surface area contributed by atoms with E-state index in [4.69, 9.17) is 0 Å². The number of fused-ring (bicyclic) bond motifs is 5. The molecule has 0 aliphatic heterocycles. The molecule has 1 aliphatic rings. The van der Waals surface area contributed by atoms with Crippen molar-refractivity contribution in [2.45, 2.75) is 32.2 Å². The second-order valence-electron chi connectivity index (χ2n) is 6.94. The van der Waals surface area contributed by atoms with Crippen molar-refractivity contribution in [2.24, 2.45) is 0 Å². The van der Waals surface area contributed by atoms with Gasteiger partial charge in [0.2, 0.25) is 0 Å². The van der Waals surface area contributed by atoms with Crippen molar-refractivity contribution in [3.8, 4) is 0 Å². The smallest absolute Gasteiger partial charge is 0.165 e. The van der Waals surface area contributed by atoms with Gasteiger partial charge in [0.25, 0.3) is 0 Å². The Morgan fingerprint density at radius 3 is 2.92 bits per heavy atom. The second kappa shape index (κ2) is 6.02. The average molecular weight is 321 g/mol. The molecule has 0 fully saturated rings. The Morgan fingerprint density at radius 1 is 1.21 bits per heavy atom. The highest BCUT2D eigenvalue weighted by molar-refractivity contribution is 6.18. The average Bonchev–Trinajstić information content (AvgIpc) is 2.90. The number of ketones is 1. The van der Waals surface area contributed by atoms with Gasteiger partial charge in [-0.3, -0.25) is 9.78 Å². The van der Waals surface area contributed by atoms with Gasteiger partial charge in [-0.15, -0.1) is 0 Å². The van der Waals surface area contributed by atoms with E-state index in [9.17, 15) is 4.79 Å². The number of carbonyl (C=O) groups excluding carboxylic acids is 1. The molecule has 0 saturated heterocycles. The molecular weight excluding hydrogens is 298 g/mol. The van der Waals surface area contributed by atoms with Crippen molar-refractivity contribution < 1.29 is 4.79 Å². The zero-order valence-corrected chi connectivity index (χ0v) is 14.4. The van der Waals surface area contributed by atoms with E-state index in [0.717, 1.165) is 54.2 Å². The fourth-order valence-corrected chi connectivity index (χ4v) is 3.96. The summed E-state index contributed by atoms with van der Waals surface area (Å²) in [5, 5.41) is 2.22. The number of aryl methyl sites for hydroxylation is 1. The van der Waals surface area contributed by atoms with Gasteiger partial charge in [-0.2, -0.15) is 0 Å². The number of nitrogens with zero attached hydrogens (tertiary/aromatic N) is 3. The van der Waals surface area contributed by atoms with E-state index in [-0.39, 0.29) is 0 Å². The molecule has 4 rings (SSSR count). The number of aromatic nitrogens is 2. The van der Waals surface area contributed by atoms with E-state index in [1.165, 1.54) is 11.2 Å². The summed E-state index contributed by atoms with van der Waals surface area (Å²) in [7, 11) is 4.21.